The van der Waals surface area contributed by atoms with Gasteiger partial charge in [-0.1, -0.05) is 0 Å². The molecule has 0 atom stereocenters. The summed E-state index contributed by atoms with van der Waals surface area (Å²) in [6.45, 7) is 0.745. The number of nitrogens with two attached hydrogens (primary N) is 1. The molecule has 0 aromatic carbocycles. The quantitative estimate of drug-likeness (QED) is 0.675. The summed E-state index contributed by atoms with van der Waals surface area (Å²) in [5, 5.41) is 0. The van der Waals surface area contributed by atoms with Crippen LogP contribution in [0.1, 0.15) is 5.82 Å². The van der Waals surface area contributed by atoms with Crippen molar-refractivity contribution in [3.8, 4) is 0 Å². The van der Waals surface area contributed by atoms with Gasteiger partial charge in [0.2, 0.25) is 0 Å². The molecular formula is C7H13N3S. The van der Waals surface area contributed by atoms with Gasteiger partial charge in [-0.25, -0.2) is 4.98 Å². The molecule has 3 nitrogen and oxygen atoms in total. The highest BCUT2D eigenvalue weighted by atomic mass is 32.2. The fourth-order valence-electron chi connectivity index (χ4n) is 0.782. The Morgan fingerprint density at radius 2 is 2.55 bits per heavy atom. The Morgan fingerprint density at radius 3 is 3.09 bits per heavy atom. The van der Waals surface area contributed by atoms with Crippen LogP contribution in [0.5, 0.6) is 0 Å². The van der Waals surface area contributed by atoms with Gasteiger partial charge in [0.05, 0.1) is 5.75 Å². The van der Waals surface area contributed by atoms with Crippen LogP contribution in [0.2, 0.25) is 0 Å². The molecule has 1 aromatic heterocycles. The monoisotopic (exact) mass is 171 g/mol. The van der Waals surface area contributed by atoms with Gasteiger partial charge in [0.25, 0.3) is 0 Å². The van der Waals surface area contributed by atoms with Crippen LogP contribution in [0.4, 0.5) is 0 Å². The number of rotatable bonds is 4. The molecule has 0 amide bonds. The van der Waals surface area contributed by atoms with Gasteiger partial charge >= 0.3 is 0 Å². The average molecular weight is 171 g/mol. The van der Waals surface area contributed by atoms with Crippen molar-refractivity contribution in [2.75, 3.05) is 12.3 Å². The van der Waals surface area contributed by atoms with Crippen LogP contribution in [-0.2, 0) is 12.8 Å². The van der Waals surface area contributed by atoms with Crippen molar-refractivity contribution in [1.82, 2.24) is 9.55 Å². The fourth-order valence-corrected chi connectivity index (χ4v) is 1.55. The van der Waals surface area contributed by atoms with Gasteiger partial charge in [-0.3, -0.25) is 0 Å². The van der Waals surface area contributed by atoms with E-state index in [1.807, 2.05) is 35.8 Å². The summed E-state index contributed by atoms with van der Waals surface area (Å²) in [7, 11) is 2.01. The van der Waals surface area contributed by atoms with Gasteiger partial charge in [-0.2, -0.15) is 11.8 Å². The Kier molecular flexibility index (Phi) is 3.45. The van der Waals surface area contributed by atoms with Crippen molar-refractivity contribution < 1.29 is 0 Å². The molecule has 0 saturated heterocycles. The van der Waals surface area contributed by atoms with Crippen molar-refractivity contribution in [1.29, 1.82) is 0 Å². The maximum absolute atomic E-state index is 5.36. The van der Waals surface area contributed by atoms with Gasteiger partial charge in [-0.15, -0.1) is 0 Å². The van der Waals surface area contributed by atoms with Gasteiger partial charge in [0.1, 0.15) is 5.82 Å². The zero-order valence-electron chi connectivity index (χ0n) is 6.66. The molecule has 0 spiro atoms. The molecule has 0 radical (unpaired) electrons. The first-order valence-corrected chi connectivity index (χ1v) is 4.74. The lowest BCUT2D eigenvalue weighted by atomic mass is 10.7. The highest BCUT2D eigenvalue weighted by Gasteiger charge is 1.96. The minimum absolute atomic E-state index is 0.745. The van der Waals surface area contributed by atoms with Crippen LogP contribution >= 0.6 is 11.8 Å². The summed E-state index contributed by atoms with van der Waals surface area (Å²) in [4.78, 5) is 4.19. The topological polar surface area (TPSA) is 43.8 Å². The molecule has 11 heavy (non-hydrogen) atoms. The van der Waals surface area contributed by atoms with E-state index in [0.717, 1.165) is 23.9 Å². The highest BCUT2D eigenvalue weighted by molar-refractivity contribution is 7.98. The predicted molar refractivity (Wildman–Crippen MR) is 48.4 cm³/mol. The van der Waals surface area contributed by atoms with Gasteiger partial charge < -0.3 is 10.3 Å². The number of thioether (sulfide) groups is 1. The zero-order chi connectivity index (χ0) is 8.10. The summed E-state index contributed by atoms with van der Waals surface area (Å²) in [6, 6.07) is 0. The van der Waals surface area contributed by atoms with Crippen LogP contribution in [0, 0.1) is 0 Å². The Hall–Kier alpha value is -0.480. The summed E-state index contributed by atoms with van der Waals surface area (Å²) in [5.74, 6) is 3.08. The zero-order valence-corrected chi connectivity index (χ0v) is 7.47. The van der Waals surface area contributed by atoms with Crippen LogP contribution in [0.15, 0.2) is 12.4 Å². The Labute approximate surface area is 71.0 Å². The van der Waals surface area contributed by atoms with Crippen molar-refractivity contribution in [3.63, 3.8) is 0 Å². The lowest BCUT2D eigenvalue weighted by Crippen LogP contribution is -2.02. The van der Waals surface area contributed by atoms with Crippen molar-refractivity contribution >= 4 is 11.8 Å². The lowest BCUT2D eigenvalue weighted by Gasteiger charge is -1.99. The minimum atomic E-state index is 0.745. The summed E-state index contributed by atoms with van der Waals surface area (Å²) in [5.41, 5.74) is 5.36. The van der Waals surface area contributed by atoms with Gasteiger partial charge in [0.15, 0.2) is 0 Å². The SMILES string of the molecule is Cn1ccnc1CSCCN. The summed E-state index contributed by atoms with van der Waals surface area (Å²) >= 11 is 1.82. The van der Waals surface area contributed by atoms with E-state index in [4.69, 9.17) is 5.73 Å². The molecular weight excluding hydrogens is 158 g/mol. The molecule has 62 valence electrons. The second-order valence-electron chi connectivity index (χ2n) is 2.30. The molecule has 0 aliphatic carbocycles. The van der Waals surface area contributed by atoms with E-state index in [9.17, 15) is 0 Å². The van der Waals surface area contributed by atoms with E-state index in [1.165, 1.54) is 0 Å². The van der Waals surface area contributed by atoms with E-state index in [-0.39, 0.29) is 0 Å². The predicted octanol–water partition coefficient (Wildman–Crippen LogP) is 0.612. The molecule has 1 rings (SSSR count). The number of nitrogens with zero attached hydrogens (tertiary/aromatic N) is 2. The lowest BCUT2D eigenvalue weighted by molar-refractivity contribution is 0.849. The molecule has 0 aliphatic heterocycles. The molecule has 0 saturated carbocycles. The van der Waals surface area contributed by atoms with Crippen LogP contribution < -0.4 is 5.73 Å². The number of aromatic nitrogens is 2. The summed E-state index contributed by atoms with van der Waals surface area (Å²) < 4.78 is 2.03. The fraction of sp³-hybridized carbons (Fsp3) is 0.571. The third-order valence-corrected chi connectivity index (χ3v) is 2.40. The molecule has 0 unspecified atom stereocenters. The average Bonchev–Trinajstić information content (AvgIpc) is 2.37. The molecule has 1 heterocycles. The van der Waals surface area contributed by atoms with Crippen LogP contribution in [0.25, 0.3) is 0 Å². The van der Waals surface area contributed by atoms with Crippen molar-refractivity contribution in [2.24, 2.45) is 12.8 Å². The highest BCUT2D eigenvalue weighted by Crippen LogP contribution is 2.07. The van der Waals surface area contributed by atoms with E-state index in [0.29, 0.717) is 0 Å². The number of imidazole rings is 1. The first-order valence-electron chi connectivity index (χ1n) is 3.58. The first-order chi connectivity index (χ1) is 5.34. The molecule has 2 N–H and O–H groups in total. The van der Waals surface area contributed by atoms with E-state index >= 15 is 0 Å². The molecule has 0 bridgehead atoms. The third kappa shape index (κ3) is 2.55. The second kappa shape index (κ2) is 4.41. The van der Waals surface area contributed by atoms with Gasteiger partial charge in [-0.05, 0) is 0 Å². The largest absolute Gasteiger partial charge is 0.337 e. The molecule has 4 heteroatoms. The Morgan fingerprint density at radius 1 is 1.73 bits per heavy atom. The Bertz CT molecular complexity index is 209. The van der Waals surface area contributed by atoms with Crippen LogP contribution in [0.3, 0.4) is 0 Å². The number of aryl methyl sites for hydroxylation is 1. The van der Waals surface area contributed by atoms with E-state index in [2.05, 4.69) is 4.98 Å². The second-order valence-corrected chi connectivity index (χ2v) is 3.40. The number of hydrogen-bond acceptors (Lipinski definition) is 3. The Balaban J connectivity index is 2.32. The normalized spacial score (nSPS) is 10.4. The maximum Gasteiger partial charge on any atom is 0.118 e. The van der Waals surface area contributed by atoms with Crippen molar-refractivity contribution in [2.45, 2.75) is 5.75 Å². The molecule has 1 aromatic rings. The summed E-state index contributed by atoms with van der Waals surface area (Å²) in [6.07, 6.45) is 3.77. The standard InChI is InChI=1S/C7H13N3S/c1-10-4-3-9-7(10)6-11-5-2-8/h3-4H,2,5-6,8H2,1H3. The molecule has 0 fully saturated rings. The van der Waals surface area contributed by atoms with Gasteiger partial charge in [0, 0.05) is 31.7 Å². The number of hydrogen-bond donors (Lipinski definition) is 1. The third-order valence-electron chi connectivity index (χ3n) is 1.41. The molecule has 0 aliphatic rings. The smallest absolute Gasteiger partial charge is 0.118 e. The maximum atomic E-state index is 5.36. The van der Waals surface area contributed by atoms with Crippen LogP contribution in [-0.4, -0.2) is 21.8 Å². The van der Waals surface area contributed by atoms with E-state index in [1.54, 1.807) is 0 Å². The van der Waals surface area contributed by atoms with E-state index < -0.39 is 0 Å². The van der Waals surface area contributed by atoms with Crippen molar-refractivity contribution in [3.05, 3.63) is 18.2 Å². The minimum Gasteiger partial charge on any atom is -0.337 e. The first kappa shape index (κ1) is 8.62.